The molecule has 202 valence electrons. The first-order valence-corrected chi connectivity index (χ1v) is 14.3. The summed E-state index contributed by atoms with van der Waals surface area (Å²) in [5, 5.41) is 18.8. The van der Waals surface area contributed by atoms with Crippen molar-refractivity contribution in [1.82, 2.24) is 15.5 Å². The number of hydrogen-bond donors (Lipinski definition) is 3. The molecule has 3 rings (SSSR count). The van der Waals surface area contributed by atoms with Crippen molar-refractivity contribution in [1.29, 1.82) is 0 Å². The summed E-state index contributed by atoms with van der Waals surface area (Å²) in [6.45, 7) is 4.19. The number of nitrogens with zero attached hydrogens (tertiary/aromatic N) is 1. The maximum absolute atomic E-state index is 13.5. The third-order valence-electron chi connectivity index (χ3n) is 8.23. The van der Waals surface area contributed by atoms with E-state index in [2.05, 4.69) is 10.6 Å². The number of hydrogen-bond acceptors (Lipinski definition) is 4. The van der Waals surface area contributed by atoms with Crippen molar-refractivity contribution < 1.29 is 14.7 Å². The zero-order valence-corrected chi connectivity index (χ0v) is 23.0. The highest BCUT2D eigenvalue weighted by molar-refractivity contribution is 6.30. The molecule has 3 N–H and O–H groups in total. The maximum atomic E-state index is 13.5. The molecule has 0 bridgehead atoms. The van der Waals surface area contributed by atoms with Crippen LogP contribution in [0.3, 0.4) is 0 Å². The van der Waals surface area contributed by atoms with Gasteiger partial charge in [0.25, 0.3) is 0 Å². The van der Waals surface area contributed by atoms with E-state index in [1.54, 1.807) is 0 Å². The van der Waals surface area contributed by atoms with Crippen LogP contribution in [0.15, 0.2) is 24.3 Å². The van der Waals surface area contributed by atoms with E-state index in [4.69, 9.17) is 11.6 Å². The molecular formula is C29H46ClN3O3. The van der Waals surface area contributed by atoms with Gasteiger partial charge in [0, 0.05) is 43.9 Å². The van der Waals surface area contributed by atoms with E-state index in [9.17, 15) is 14.7 Å². The molecule has 0 spiro atoms. The lowest BCUT2D eigenvalue weighted by molar-refractivity contribution is -0.138. The Labute approximate surface area is 222 Å². The largest absolute Gasteiger partial charge is 0.385 e. The average Bonchev–Trinajstić information content (AvgIpc) is 2.87. The Morgan fingerprint density at radius 3 is 2.67 bits per heavy atom. The molecule has 0 radical (unpaired) electrons. The van der Waals surface area contributed by atoms with Crippen LogP contribution in [0, 0.1) is 17.8 Å². The van der Waals surface area contributed by atoms with Crippen molar-refractivity contribution in [2.75, 3.05) is 33.2 Å². The lowest BCUT2D eigenvalue weighted by Gasteiger charge is -2.43. The molecule has 3 atom stereocenters. The topological polar surface area (TPSA) is 81.7 Å². The van der Waals surface area contributed by atoms with E-state index in [-0.39, 0.29) is 17.7 Å². The van der Waals surface area contributed by atoms with Crippen LogP contribution in [0.5, 0.6) is 0 Å². The molecule has 2 fully saturated rings. The number of amides is 2. The number of carbonyl (C=O) groups is 2. The number of aliphatic hydroxyl groups is 1. The molecule has 0 unspecified atom stereocenters. The van der Waals surface area contributed by atoms with Crippen molar-refractivity contribution in [2.45, 2.75) is 83.2 Å². The summed E-state index contributed by atoms with van der Waals surface area (Å²) in [7, 11) is 1.97. The fourth-order valence-corrected chi connectivity index (χ4v) is 6.55. The summed E-state index contributed by atoms with van der Waals surface area (Å²) in [6, 6.07) is 7.45. The minimum absolute atomic E-state index is 0.0694. The first kappa shape index (κ1) is 28.9. The zero-order valence-electron chi connectivity index (χ0n) is 22.2. The van der Waals surface area contributed by atoms with Crippen LogP contribution < -0.4 is 10.6 Å². The Balaban J connectivity index is 1.68. The first-order chi connectivity index (χ1) is 17.3. The first-order valence-electron chi connectivity index (χ1n) is 14.0. The summed E-state index contributed by atoms with van der Waals surface area (Å²) in [4.78, 5) is 26.8. The van der Waals surface area contributed by atoms with Crippen LogP contribution in [0.4, 0.5) is 0 Å². The predicted molar refractivity (Wildman–Crippen MR) is 146 cm³/mol. The highest BCUT2D eigenvalue weighted by atomic mass is 35.5. The van der Waals surface area contributed by atoms with Gasteiger partial charge in [-0.1, -0.05) is 55.8 Å². The molecular weight excluding hydrogens is 474 g/mol. The van der Waals surface area contributed by atoms with Gasteiger partial charge in [0.15, 0.2) is 0 Å². The van der Waals surface area contributed by atoms with Gasteiger partial charge in [-0.05, 0) is 75.2 Å². The Morgan fingerprint density at radius 2 is 1.97 bits per heavy atom. The van der Waals surface area contributed by atoms with E-state index >= 15 is 0 Å². The van der Waals surface area contributed by atoms with Crippen LogP contribution >= 0.6 is 11.6 Å². The smallest absolute Gasteiger partial charge is 0.222 e. The van der Waals surface area contributed by atoms with E-state index in [1.807, 2.05) is 36.2 Å². The van der Waals surface area contributed by atoms with Crippen LogP contribution in [0.25, 0.3) is 0 Å². The summed E-state index contributed by atoms with van der Waals surface area (Å²) >= 11 is 6.30. The van der Waals surface area contributed by atoms with Gasteiger partial charge in [-0.25, -0.2) is 0 Å². The molecule has 2 aliphatic rings. The van der Waals surface area contributed by atoms with E-state index < -0.39 is 5.60 Å². The second-order valence-corrected chi connectivity index (χ2v) is 11.5. The molecule has 0 aromatic heterocycles. The quantitative estimate of drug-likeness (QED) is 0.344. The van der Waals surface area contributed by atoms with E-state index in [0.717, 1.165) is 43.8 Å². The molecule has 1 aliphatic carbocycles. The molecule has 1 aliphatic heterocycles. The molecule has 1 saturated heterocycles. The van der Waals surface area contributed by atoms with Crippen LogP contribution in [0.2, 0.25) is 5.02 Å². The Morgan fingerprint density at radius 1 is 1.19 bits per heavy atom. The fourth-order valence-electron chi connectivity index (χ4n) is 6.36. The predicted octanol–water partition coefficient (Wildman–Crippen LogP) is 4.88. The molecule has 1 heterocycles. The summed E-state index contributed by atoms with van der Waals surface area (Å²) in [5.41, 5.74) is -0.308. The number of nitrogens with one attached hydrogen (secondary N) is 2. The van der Waals surface area contributed by atoms with Crippen LogP contribution in [-0.2, 0) is 15.2 Å². The monoisotopic (exact) mass is 519 g/mol. The minimum Gasteiger partial charge on any atom is -0.385 e. The molecule has 7 heteroatoms. The van der Waals surface area contributed by atoms with Gasteiger partial charge in [-0.3, -0.25) is 9.59 Å². The van der Waals surface area contributed by atoms with Crippen molar-refractivity contribution in [2.24, 2.45) is 17.8 Å². The number of rotatable bonds is 12. The molecule has 1 saturated carbocycles. The van der Waals surface area contributed by atoms with E-state index in [1.165, 1.54) is 39.0 Å². The summed E-state index contributed by atoms with van der Waals surface area (Å²) in [6.07, 6.45) is 11.2. The van der Waals surface area contributed by atoms with Gasteiger partial charge < -0.3 is 20.6 Å². The number of carbonyl (C=O) groups excluding carboxylic acids is 2. The second-order valence-electron chi connectivity index (χ2n) is 11.1. The van der Waals surface area contributed by atoms with Crippen LogP contribution in [0.1, 0.15) is 83.1 Å². The van der Waals surface area contributed by atoms with Gasteiger partial charge in [-0.2, -0.15) is 0 Å². The number of likely N-dealkylation sites (tertiary alicyclic amines) is 1. The molecule has 36 heavy (non-hydrogen) atoms. The molecule has 1 aromatic carbocycles. The molecule has 2 amide bonds. The minimum atomic E-state index is -1.10. The number of halogens is 1. The normalized spacial score (nSPS) is 21.6. The number of benzene rings is 1. The van der Waals surface area contributed by atoms with Crippen LogP contribution in [-0.4, -0.2) is 55.0 Å². The Kier molecular flexibility index (Phi) is 11.5. The van der Waals surface area contributed by atoms with Crippen molar-refractivity contribution in [3.8, 4) is 0 Å². The Bertz CT molecular complexity index is 845. The van der Waals surface area contributed by atoms with Crippen molar-refractivity contribution in [3.63, 3.8) is 0 Å². The number of piperidine rings is 1. The Hall–Kier alpha value is -1.63. The van der Waals surface area contributed by atoms with Gasteiger partial charge in [0.2, 0.25) is 11.8 Å². The van der Waals surface area contributed by atoms with Crippen molar-refractivity contribution >= 4 is 23.4 Å². The van der Waals surface area contributed by atoms with Gasteiger partial charge in [0.1, 0.15) is 0 Å². The standard InChI is InChI=1S/C29H46ClN3O3/c1-22(34)32-15-8-14-29(36,25-11-6-13-27(30)19-25)26-12-7-16-33(21-26)28(35)18-24(20-31-2)17-23-9-4-3-5-10-23/h6,11,13,19,23-24,26,31,36H,3-5,7-10,12,14-18,20-21H2,1-2H3,(H,32,34)/t24-,26-,29-/m1/s1. The zero-order chi connectivity index (χ0) is 26.0. The van der Waals surface area contributed by atoms with E-state index in [0.29, 0.717) is 43.3 Å². The van der Waals surface area contributed by atoms with Gasteiger partial charge in [0.05, 0.1) is 5.60 Å². The SMILES string of the molecule is CNC[C@@H](CC(=O)N1CCC[C@@H]([C@@](O)(CCCNC(C)=O)c2cccc(Cl)c2)C1)CC1CCCCC1. The van der Waals surface area contributed by atoms with Crippen molar-refractivity contribution in [3.05, 3.63) is 34.9 Å². The summed E-state index contributed by atoms with van der Waals surface area (Å²) < 4.78 is 0. The third kappa shape index (κ3) is 8.46. The highest BCUT2D eigenvalue weighted by Crippen LogP contribution is 2.40. The molecule has 1 aromatic rings. The summed E-state index contributed by atoms with van der Waals surface area (Å²) in [5.74, 6) is 1.17. The van der Waals surface area contributed by atoms with Gasteiger partial charge >= 0.3 is 0 Å². The lowest BCUT2D eigenvalue weighted by atomic mass is 9.74. The lowest BCUT2D eigenvalue weighted by Crippen LogP contribution is -2.49. The second kappa shape index (κ2) is 14.3. The maximum Gasteiger partial charge on any atom is 0.222 e. The highest BCUT2D eigenvalue weighted by Gasteiger charge is 2.41. The average molecular weight is 520 g/mol. The molecule has 6 nitrogen and oxygen atoms in total. The van der Waals surface area contributed by atoms with Gasteiger partial charge in [-0.15, -0.1) is 0 Å². The fraction of sp³-hybridized carbons (Fsp3) is 0.724. The third-order valence-corrected chi connectivity index (χ3v) is 8.47.